The van der Waals surface area contributed by atoms with Crippen molar-refractivity contribution in [3.63, 3.8) is 0 Å². The van der Waals surface area contributed by atoms with Crippen LogP contribution in [0.1, 0.15) is 24.1 Å². The first-order valence-corrected chi connectivity index (χ1v) is 9.01. The molecule has 0 heterocycles. The second-order valence-corrected chi connectivity index (χ2v) is 7.69. The Kier molecular flexibility index (Phi) is 6.62. The van der Waals surface area contributed by atoms with Gasteiger partial charge in [-0.15, -0.1) is 12.4 Å². The molecule has 0 aliphatic rings. The van der Waals surface area contributed by atoms with Gasteiger partial charge >= 0.3 is 0 Å². The summed E-state index contributed by atoms with van der Waals surface area (Å²) >= 11 is 0. The third-order valence-electron chi connectivity index (χ3n) is 3.83. The molecule has 0 radical (unpaired) electrons. The number of benzene rings is 2. The van der Waals surface area contributed by atoms with Crippen LogP contribution in [-0.4, -0.2) is 26.6 Å². The fourth-order valence-corrected chi connectivity index (χ4v) is 2.99. The molecule has 0 aromatic heterocycles. The molecule has 0 aliphatic carbocycles. The summed E-state index contributed by atoms with van der Waals surface area (Å²) in [7, 11) is -1.11. The van der Waals surface area contributed by atoms with E-state index in [0.717, 1.165) is 23.4 Å². The van der Waals surface area contributed by atoms with Crippen LogP contribution in [0.25, 0.3) is 0 Å². The van der Waals surface area contributed by atoms with Crippen LogP contribution in [0.3, 0.4) is 0 Å². The molecular formula is C17H23ClN2O2S. The maximum Gasteiger partial charge on any atom is 0.175 e. The van der Waals surface area contributed by atoms with E-state index < -0.39 is 9.84 Å². The monoisotopic (exact) mass is 354 g/mol. The predicted octanol–water partition coefficient (Wildman–Crippen LogP) is 3.29. The molecule has 2 rings (SSSR count). The summed E-state index contributed by atoms with van der Waals surface area (Å²) < 4.78 is 23.0. The maximum absolute atomic E-state index is 11.5. The number of hydrogen-bond donors (Lipinski definition) is 1. The van der Waals surface area contributed by atoms with E-state index in [-0.39, 0.29) is 18.4 Å². The first-order chi connectivity index (χ1) is 10.3. The van der Waals surface area contributed by atoms with Crippen LogP contribution in [-0.2, 0) is 16.4 Å². The Labute approximate surface area is 144 Å². The van der Waals surface area contributed by atoms with Crippen molar-refractivity contribution in [3.05, 3.63) is 59.7 Å². The lowest BCUT2D eigenvalue weighted by Gasteiger charge is -2.25. The molecular weight excluding hydrogens is 332 g/mol. The summed E-state index contributed by atoms with van der Waals surface area (Å²) in [5.74, 6) is 0. The number of nitrogens with two attached hydrogens (primary N) is 1. The molecule has 0 amide bonds. The first kappa shape index (κ1) is 19.5. The van der Waals surface area contributed by atoms with Crippen LogP contribution >= 0.6 is 12.4 Å². The number of hydrogen-bond acceptors (Lipinski definition) is 4. The van der Waals surface area contributed by atoms with E-state index in [1.807, 2.05) is 43.4 Å². The van der Waals surface area contributed by atoms with E-state index in [2.05, 4.69) is 11.8 Å². The minimum absolute atomic E-state index is 0. The average Bonchev–Trinajstić information content (AvgIpc) is 2.45. The van der Waals surface area contributed by atoms with Gasteiger partial charge in [0.2, 0.25) is 0 Å². The predicted molar refractivity (Wildman–Crippen MR) is 97.5 cm³/mol. The summed E-state index contributed by atoms with van der Waals surface area (Å²) in [6.07, 6.45) is 1.22. The van der Waals surface area contributed by atoms with Gasteiger partial charge in [0.15, 0.2) is 9.84 Å². The van der Waals surface area contributed by atoms with Gasteiger partial charge < -0.3 is 5.73 Å². The zero-order chi connectivity index (χ0) is 16.3. The van der Waals surface area contributed by atoms with Crippen molar-refractivity contribution in [2.24, 2.45) is 0 Å². The molecule has 1 unspecified atom stereocenters. The van der Waals surface area contributed by atoms with E-state index in [0.29, 0.717) is 4.90 Å². The van der Waals surface area contributed by atoms with Crippen LogP contribution in [0.2, 0.25) is 0 Å². The average molecular weight is 355 g/mol. The molecule has 2 aromatic rings. The Morgan fingerprint density at radius 2 is 1.74 bits per heavy atom. The molecule has 4 nitrogen and oxygen atoms in total. The molecule has 0 bridgehead atoms. The SMILES string of the molecule is CC(c1ccc(S(C)(=O)=O)cc1)N(C)Cc1cccc(N)c1.Cl. The lowest BCUT2D eigenvalue weighted by atomic mass is 10.1. The Balaban J connectivity index is 0.00000264. The van der Waals surface area contributed by atoms with Gasteiger partial charge in [0.05, 0.1) is 4.90 Å². The van der Waals surface area contributed by atoms with Gasteiger partial charge in [-0.2, -0.15) is 0 Å². The molecule has 23 heavy (non-hydrogen) atoms. The normalized spacial score (nSPS) is 12.7. The Hall–Kier alpha value is -1.56. The van der Waals surface area contributed by atoms with Gasteiger partial charge in [0.1, 0.15) is 0 Å². The summed E-state index contributed by atoms with van der Waals surface area (Å²) in [5, 5.41) is 0. The highest BCUT2D eigenvalue weighted by atomic mass is 35.5. The molecule has 0 saturated carbocycles. The zero-order valence-electron chi connectivity index (χ0n) is 13.6. The fourth-order valence-electron chi connectivity index (χ4n) is 2.36. The van der Waals surface area contributed by atoms with E-state index in [4.69, 9.17) is 5.73 Å². The summed E-state index contributed by atoms with van der Waals surface area (Å²) in [5.41, 5.74) is 8.80. The lowest BCUT2D eigenvalue weighted by Crippen LogP contribution is -2.22. The summed E-state index contributed by atoms with van der Waals surface area (Å²) in [6, 6.07) is 15.1. The second-order valence-electron chi connectivity index (χ2n) is 5.68. The maximum atomic E-state index is 11.5. The van der Waals surface area contributed by atoms with Gasteiger partial charge in [-0.05, 0) is 49.4 Å². The van der Waals surface area contributed by atoms with Gasteiger partial charge in [-0.1, -0.05) is 24.3 Å². The quantitative estimate of drug-likeness (QED) is 0.837. The van der Waals surface area contributed by atoms with Crippen molar-refractivity contribution in [1.82, 2.24) is 4.90 Å². The van der Waals surface area contributed by atoms with E-state index in [9.17, 15) is 8.42 Å². The topological polar surface area (TPSA) is 63.4 Å². The molecule has 2 N–H and O–H groups in total. The highest BCUT2D eigenvalue weighted by Crippen LogP contribution is 2.22. The Morgan fingerprint density at radius 3 is 2.26 bits per heavy atom. The summed E-state index contributed by atoms with van der Waals surface area (Å²) in [6.45, 7) is 2.88. The van der Waals surface area contributed by atoms with Crippen LogP contribution in [0.5, 0.6) is 0 Å². The highest BCUT2D eigenvalue weighted by molar-refractivity contribution is 7.90. The van der Waals surface area contributed by atoms with E-state index in [1.165, 1.54) is 6.26 Å². The highest BCUT2D eigenvalue weighted by Gasteiger charge is 2.13. The Bertz CT molecular complexity index is 745. The zero-order valence-corrected chi connectivity index (χ0v) is 15.2. The molecule has 126 valence electrons. The van der Waals surface area contributed by atoms with Gasteiger partial charge in [0, 0.05) is 24.5 Å². The van der Waals surface area contributed by atoms with Crippen molar-refractivity contribution in [2.75, 3.05) is 19.0 Å². The molecule has 1 atom stereocenters. The molecule has 0 saturated heterocycles. The fraction of sp³-hybridized carbons (Fsp3) is 0.294. The van der Waals surface area contributed by atoms with Crippen molar-refractivity contribution >= 4 is 27.9 Å². The van der Waals surface area contributed by atoms with Crippen molar-refractivity contribution < 1.29 is 8.42 Å². The molecule has 2 aromatic carbocycles. The minimum atomic E-state index is -3.15. The number of nitrogen functional groups attached to an aromatic ring is 1. The number of halogens is 1. The number of anilines is 1. The van der Waals surface area contributed by atoms with E-state index in [1.54, 1.807) is 12.1 Å². The van der Waals surface area contributed by atoms with Crippen LogP contribution < -0.4 is 5.73 Å². The smallest absolute Gasteiger partial charge is 0.175 e. The molecule has 6 heteroatoms. The van der Waals surface area contributed by atoms with Crippen molar-refractivity contribution in [1.29, 1.82) is 0 Å². The summed E-state index contributed by atoms with van der Waals surface area (Å²) in [4.78, 5) is 2.55. The minimum Gasteiger partial charge on any atom is -0.399 e. The standard InChI is InChI=1S/C17H22N2O2S.ClH/c1-13(15-7-9-17(10-8-15)22(3,20)21)19(2)12-14-5-4-6-16(18)11-14;/h4-11,13H,12,18H2,1-3H3;1H. The number of nitrogens with zero attached hydrogens (tertiary/aromatic N) is 1. The van der Waals surface area contributed by atoms with Crippen LogP contribution in [0.15, 0.2) is 53.4 Å². The van der Waals surface area contributed by atoms with Gasteiger partial charge in [0.25, 0.3) is 0 Å². The van der Waals surface area contributed by atoms with E-state index >= 15 is 0 Å². The largest absolute Gasteiger partial charge is 0.399 e. The van der Waals surface area contributed by atoms with Crippen molar-refractivity contribution in [3.8, 4) is 0 Å². The number of rotatable bonds is 5. The first-order valence-electron chi connectivity index (χ1n) is 7.12. The molecule has 0 aliphatic heterocycles. The Morgan fingerprint density at radius 1 is 1.13 bits per heavy atom. The molecule has 0 fully saturated rings. The third kappa shape index (κ3) is 5.23. The third-order valence-corrected chi connectivity index (χ3v) is 4.96. The molecule has 0 spiro atoms. The lowest BCUT2D eigenvalue weighted by molar-refractivity contribution is 0.253. The second kappa shape index (κ2) is 7.81. The van der Waals surface area contributed by atoms with Crippen LogP contribution in [0.4, 0.5) is 5.69 Å². The van der Waals surface area contributed by atoms with Crippen molar-refractivity contribution in [2.45, 2.75) is 24.4 Å². The van der Waals surface area contributed by atoms with Crippen LogP contribution in [0, 0.1) is 0 Å². The van der Waals surface area contributed by atoms with Gasteiger partial charge in [-0.25, -0.2) is 8.42 Å². The number of sulfone groups is 1. The van der Waals surface area contributed by atoms with Gasteiger partial charge in [-0.3, -0.25) is 4.90 Å².